The summed E-state index contributed by atoms with van der Waals surface area (Å²) in [7, 11) is 0. The van der Waals surface area contributed by atoms with Crippen LogP contribution in [0.4, 0.5) is 4.39 Å². The van der Waals surface area contributed by atoms with Gasteiger partial charge >= 0.3 is 5.97 Å². The lowest BCUT2D eigenvalue weighted by molar-refractivity contribution is -0.143. The number of carbonyl (C=O) groups excluding carboxylic acids is 1. The van der Waals surface area contributed by atoms with E-state index in [9.17, 15) is 14.0 Å². The predicted molar refractivity (Wildman–Crippen MR) is 76.7 cm³/mol. The van der Waals surface area contributed by atoms with Gasteiger partial charge in [0.1, 0.15) is 11.9 Å². The van der Waals surface area contributed by atoms with Crippen molar-refractivity contribution in [2.24, 2.45) is 11.8 Å². The zero-order chi connectivity index (χ0) is 15.7. The van der Waals surface area contributed by atoms with Gasteiger partial charge < -0.3 is 10.4 Å². The van der Waals surface area contributed by atoms with Crippen LogP contribution in [0, 0.1) is 17.7 Å². The summed E-state index contributed by atoms with van der Waals surface area (Å²) in [4.78, 5) is 23.2. The van der Waals surface area contributed by atoms with Crippen molar-refractivity contribution in [1.82, 2.24) is 5.32 Å². The summed E-state index contributed by atoms with van der Waals surface area (Å²) in [6.45, 7) is 3.44. The minimum absolute atomic E-state index is 0.222. The molecule has 21 heavy (non-hydrogen) atoms. The fourth-order valence-corrected chi connectivity index (χ4v) is 2.75. The zero-order valence-corrected chi connectivity index (χ0v) is 12.5. The molecule has 0 saturated heterocycles. The van der Waals surface area contributed by atoms with E-state index in [1.54, 1.807) is 19.9 Å². The Bertz CT molecular complexity index is 556. The first kappa shape index (κ1) is 15.8. The topological polar surface area (TPSA) is 66.4 Å². The number of hydrogen-bond acceptors (Lipinski definition) is 2. The third-order valence-corrected chi connectivity index (χ3v) is 4.06. The van der Waals surface area contributed by atoms with Crippen LogP contribution >= 0.6 is 11.6 Å². The molecular weight excluding hydrogens is 297 g/mol. The van der Waals surface area contributed by atoms with Crippen LogP contribution in [0.3, 0.4) is 0 Å². The molecule has 1 aliphatic carbocycles. The molecule has 6 heteroatoms. The van der Waals surface area contributed by atoms with Crippen molar-refractivity contribution in [3.63, 3.8) is 0 Å². The average Bonchev–Trinajstić information content (AvgIpc) is 3.15. The van der Waals surface area contributed by atoms with E-state index in [0.717, 1.165) is 0 Å². The number of carboxylic acid groups (broad SMARTS) is 1. The second-order valence-electron chi connectivity index (χ2n) is 5.65. The number of hydrogen-bond donors (Lipinski definition) is 2. The van der Waals surface area contributed by atoms with Gasteiger partial charge in [0.15, 0.2) is 0 Å². The summed E-state index contributed by atoms with van der Waals surface area (Å²) in [6.07, 6.45) is 0.483. The van der Waals surface area contributed by atoms with E-state index in [4.69, 9.17) is 16.7 Å². The molecule has 3 atom stereocenters. The third-order valence-electron chi connectivity index (χ3n) is 3.73. The zero-order valence-electron chi connectivity index (χ0n) is 11.8. The summed E-state index contributed by atoms with van der Waals surface area (Å²) in [5.74, 6) is -2.78. The Morgan fingerprint density at radius 2 is 2.10 bits per heavy atom. The Hall–Kier alpha value is -1.62. The van der Waals surface area contributed by atoms with Crippen molar-refractivity contribution >= 4 is 23.5 Å². The lowest BCUT2D eigenvalue weighted by Gasteiger charge is -2.18. The van der Waals surface area contributed by atoms with Gasteiger partial charge in [-0.25, -0.2) is 9.18 Å². The number of carboxylic acids is 1. The van der Waals surface area contributed by atoms with Gasteiger partial charge in [-0.3, -0.25) is 4.79 Å². The van der Waals surface area contributed by atoms with Crippen molar-refractivity contribution in [1.29, 1.82) is 0 Å². The summed E-state index contributed by atoms with van der Waals surface area (Å²) >= 11 is 5.98. The maximum absolute atomic E-state index is 13.8. The summed E-state index contributed by atoms with van der Waals surface area (Å²) in [5, 5.41) is 11.9. The Kier molecular flexibility index (Phi) is 4.52. The van der Waals surface area contributed by atoms with Gasteiger partial charge in [0.25, 0.3) is 0 Å². The van der Waals surface area contributed by atoms with Gasteiger partial charge in [-0.1, -0.05) is 31.5 Å². The summed E-state index contributed by atoms with van der Waals surface area (Å²) in [5.41, 5.74) is 0.343. The quantitative estimate of drug-likeness (QED) is 0.878. The molecule has 4 nitrogen and oxygen atoms in total. The van der Waals surface area contributed by atoms with Gasteiger partial charge in [0, 0.05) is 22.4 Å². The largest absolute Gasteiger partial charge is 0.480 e. The third kappa shape index (κ3) is 3.35. The molecule has 1 aliphatic rings. The molecule has 0 radical (unpaired) electrons. The van der Waals surface area contributed by atoms with Crippen LogP contribution in [0.25, 0.3) is 0 Å². The monoisotopic (exact) mass is 313 g/mol. The van der Waals surface area contributed by atoms with E-state index in [1.165, 1.54) is 12.1 Å². The highest BCUT2D eigenvalue weighted by Crippen LogP contribution is 2.50. The van der Waals surface area contributed by atoms with Crippen molar-refractivity contribution in [2.75, 3.05) is 0 Å². The van der Waals surface area contributed by atoms with Gasteiger partial charge in [-0.05, 0) is 24.5 Å². The van der Waals surface area contributed by atoms with Crippen LogP contribution in [0.15, 0.2) is 18.2 Å². The molecule has 0 bridgehead atoms. The maximum Gasteiger partial charge on any atom is 0.326 e. The highest BCUT2D eigenvalue weighted by molar-refractivity contribution is 6.31. The minimum Gasteiger partial charge on any atom is -0.480 e. The first-order valence-corrected chi connectivity index (χ1v) is 7.17. The Labute approximate surface area is 127 Å². The molecule has 2 N–H and O–H groups in total. The lowest BCUT2D eigenvalue weighted by Crippen LogP contribution is -2.45. The molecule has 2 unspecified atom stereocenters. The number of carbonyl (C=O) groups is 2. The molecule has 1 fully saturated rings. The number of aliphatic carboxylic acids is 1. The van der Waals surface area contributed by atoms with Crippen molar-refractivity contribution in [3.05, 3.63) is 34.6 Å². The molecule has 0 spiro atoms. The number of nitrogens with one attached hydrogen (secondary N) is 1. The standard InChI is InChI=1S/C15H17ClFNO3/c1-7(2)13(15(20)21)18-14(19)9-6-8(9)12-10(16)4-3-5-11(12)17/h3-5,7-9,13H,6H2,1-2H3,(H,18,19)(H,20,21)/t8?,9?,13-/m0/s1. The highest BCUT2D eigenvalue weighted by atomic mass is 35.5. The molecule has 0 aromatic heterocycles. The van der Waals surface area contributed by atoms with Crippen molar-refractivity contribution in [2.45, 2.75) is 32.2 Å². The van der Waals surface area contributed by atoms with Crippen LogP contribution in [-0.4, -0.2) is 23.0 Å². The number of benzene rings is 1. The molecule has 2 rings (SSSR count). The number of amides is 1. The fourth-order valence-electron chi connectivity index (χ4n) is 2.44. The summed E-state index contributed by atoms with van der Waals surface area (Å²) < 4.78 is 13.8. The van der Waals surface area contributed by atoms with E-state index >= 15 is 0 Å². The first-order chi connectivity index (χ1) is 9.82. The van der Waals surface area contributed by atoms with E-state index in [-0.39, 0.29) is 17.7 Å². The van der Waals surface area contributed by atoms with Gasteiger partial charge in [-0.15, -0.1) is 0 Å². The van der Waals surface area contributed by atoms with Crippen LogP contribution in [0.5, 0.6) is 0 Å². The van der Waals surface area contributed by atoms with E-state index in [2.05, 4.69) is 5.32 Å². The lowest BCUT2D eigenvalue weighted by atomic mass is 10.0. The normalized spacial score (nSPS) is 22.0. The van der Waals surface area contributed by atoms with Gasteiger partial charge in [0.05, 0.1) is 0 Å². The van der Waals surface area contributed by atoms with E-state index in [1.807, 2.05) is 0 Å². The molecule has 114 valence electrons. The molecule has 1 saturated carbocycles. The van der Waals surface area contributed by atoms with Crippen LogP contribution < -0.4 is 5.32 Å². The van der Waals surface area contributed by atoms with Gasteiger partial charge in [0.2, 0.25) is 5.91 Å². The molecular formula is C15H17ClFNO3. The Balaban J connectivity index is 2.06. The average molecular weight is 314 g/mol. The van der Waals surface area contributed by atoms with Gasteiger partial charge in [-0.2, -0.15) is 0 Å². The van der Waals surface area contributed by atoms with Crippen LogP contribution in [-0.2, 0) is 9.59 Å². The SMILES string of the molecule is CC(C)[C@H](NC(=O)C1CC1c1c(F)cccc1Cl)C(=O)O. The Morgan fingerprint density at radius 1 is 1.43 bits per heavy atom. The van der Waals surface area contributed by atoms with Crippen LogP contribution in [0.2, 0.25) is 5.02 Å². The molecule has 0 aliphatic heterocycles. The van der Waals surface area contributed by atoms with Crippen molar-refractivity contribution in [3.8, 4) is 0 Å². The second kappa shape index (κ2) is 6.02. The first-order valence-electron chi connectivity index (χ1n) is 6.80. The molecule has 1 aromatic rings. The number of rotatable bonds is 5. The maximum atomic E-state index is 13.8. The molecule has 1 amide bonds. The molecule has 0 heterocycles. The van der Waals surface area contributed by atoms with E-state index in [0.29, 0.717) is 17.0 Å². The van der Waals surface area contributed by atoms with Crippen molar-refractivity contribution < 1.29 is 19.1 Å². The Morgan fingerprint density at radius 3 is 2.62 bits per heavy atom. The predicted octanol–water partition coefficient (Wildman–Crippen LogP) is 2.81. The summed E-state index contributed by atoms with van der Waals surface area (Å²) in [6, 6.07) is 3.47. The number of halogens is 2. The van der Waals surface area contributed by atoms with E-state index < -0.39 is 23.7 Å². The van der Waals surface area contributed by atoms with Crippen LogP contribution in [0.1, 0.15) is 31.7 Å². The second-order valence-corrected chi connectivity index (χ2v) is 6.06. The smallest absolute Gasteiger partial charge is 0.326 e. The minimum atomic E-state index is -1.07. The molecule has 1 aromatic carbocycles. The fraction of sp³-hybridized carbons (Fsp3) is 0.467. The highest BCUT2D eigenvalue weighted by Gasteiger charge is 2.47.